The van der Waals surface area contributed by atoms with Crippen molar-refractivity contribution in [2.24, 2.45) is 0 Å². The number of esters is 1. The fraction of sp³-hybridized carbons (Fsp3) is 0.0476. The van der Waals surface area contributed by atoms with Crippen molar-refractivity contribution in [1.29, 1.82) is 0 Å². The van der Waals surface area contributed by atoms with Crippen molar-refractivity contribution >= 4 is 55.7 Å². The van der Waals surface area contributed by atoms with Crippen LogP contribution in [0.5, 0.6) is 0 Å². The van der Waals surface area contributed by atoms with Crippen LogP contribution < -0.4 is 11.1 Å². The van der Waals surface area contributed by atoms with Gasteiger partial charge in [-0.15, -0.1) is 11.3 Å². The summed E-state index contributed by atoms with van der Waals surface area (Å²) < 4.78 is 5.94. The van der Waals surface area contributed by atoms with Gasteiger partial charge in [0.05, 0.1) is 18.8 Å². The molecule has 0 unspecified atom stereocenters. The highest BCUT2D eigenvalue weighted by atomic mass is 32.1. The van der Waals surface area contributed by atoms with Crippen molar-refractivity contribution in [2.45, 2.75) is 0 Å². The molecule has 4 N–H and O–H groups in total. The van der Waals surface area contributed by atoms with Crippen molar-refractivity contribution in [3.63, 3.8) is 0 Å². The molecule has 0 amide bonds. The number of nitrogen functional groups attached to an aromatic ring is 1. The van der Waals surface area contributed by atoms with Gasteiger partial charge in [0.1, 0.15) is 5.82 Å². The number of rotatable bonds is 4. The Morgan fingerprint density at radius 3 is 2.83 bits per heavy atom. The van der Waals surface area contributed by atoms with E-state index in [9.17, 15) is 4.79 Å². The van der Waals surface area contributed by atoms with E-state index in [1.54, 1.807) is 17.5 Å². The van der Waals surface area contributed by atoms with Crippen LogP contribution in [0.2, 0.25) is 0 Å². The largest absolute Gasteiger partial charge is 0.464 e. The maximum Gasteiger partial charge on any atom is 0.356 e. The number of H-pyrrole nitrogens is 1. The van der Waals surface area contributed by atoms with Crippen LogP contribution >= 0.6 is 11.3 Å². The van der Waals surface area contributed by atoms with Gasteiger partial charge in [0.2, 0.25) is 5.95 Å². The van der Waals surface area contributed by atoms with Gasteiger partial charge in [0, 0.05) is 32.3 Å². The molecular formula is C21H16N6O2S. The number of ether oxygens (including phenoxy) is 1. The highest BCUT2D eigenvalue weighted by Crippen LogP contribution is 2.38. The minimum Gasteiger partial charge on any atom is -0.464 e. The molecule has 0 radical (unpaired) electrons. The van der Waals surface area contributed by atoms with E-state index in [0.29, 0.717) is 5.82 Å². The number of nitrogens with zero attached hydrogens (tertiary/aromatic N) is 3. The second-order valence-corrected chi connectivity index (χ2v) is 7.70. The fourth-order valence-electron chi connectivity index (χ4n) is 3.33. The normalized spacial score (nSPS) is 11.1. The van der Waals surface area contributed by atoms with Gasteiger partial charge in [-0.1, -0.05) is 18.2 Å². The highest BCUT2D eigenvalue weighted by molar-refractivity contribution is 7.22. The number of nitrogens with one attached hydrogen (secondary N) is 2. The number of methoxy groups -OCH3 is 1. The maximum atomic E-state index is 11.8. The number of hydrogen-bond donors (Lipinski definition) is 3. The van der Waals surface area contributed by atoms with Gasteiger partial charge in [-0.05, 0) is 29.7 Å². The standard InChI is InChI=1S/C21H16N6O2S/c1-29-20(28)15-9-18(26-21(22)25-15)24-13-6-12-10-23-27-19(12)14(8-13)17-7-11-4-2-3-5-16(11)30-17/h2-10H,1H3,(H,23,27)(H3,22,24,25,26). The molecule has 0 saturated heterocycles. The van der Waals surface area contributed by atoms with E-state index in [0.717, 1.165) is 27.0 Å². The molecule has 3 heterocycles. The molecule has 0 spiro atoms. The molecule has 0 aliphatic heterocycles. The van der Waals surface area contributed by atoms with Gasteiger partial charge in [-0.2, -0.15) is 10.1 Å². The number of nitrogens with two attached hydrogens (primary N) is 1. The predicted molar refractivity (Wildman–Crippen MR) is 118 cm³/mol. The van der Waals surface area contributed by atoms with E-state index in [2.05, 4.69) is 43.7 Å². The maximum absolute atomic E-state index is 11.8. The van der Waals surface area contributed by atoms with Gasteiger partial charge in [-0.3, -0.25) is 5.10 Å². The van der Waals surface area contributed by atoms with Gasteiger partial charge < -0.3 is 15.8 Å². The Morgan fingerprint density at radius 2 is 2.00 bits per heavy atom. The zero-order valence-electron chi connectivity index (χ0n) is 15.8. The molecule has 5 aromatic rings. The number of fused-ring (bicyclic) bond motifs is 2. The lowest BCUT2D eigenvalue weighted by atomic mass is 10.1. The van der Waals surface area contributed by atoms with Crippen molar-refractivity contribution < 1.29 is 9.53 Å². The quantitative estimate of drug-likeness (QED) is 0.373. The number of thiophene rings is 1. The first-order valence-electron chi connectivity index (χ1n) is 9.07. The first-order chi connectivity index (χ1) is 14.6. The lowest BCUT2D eigenvalue weighted by molar-refractivity contribution is 0.0594. The van der Waals surface area contributed by atoms with Crippen molar-refractivity contribution in [2.75, 3.05) is 18.2 Å². The summed E-state index contributed by atoms with van der Waals surface area (Å²) in [6.45, 7) is 0. The first-order valence-corrected chi connectivity index (χ1v) is 9.88. The van der Waals surface area contributed by atoms with Crippen LogP contribution in [0.3, 0.4) is 0 Å². The van der Waals surface area contributed by atoms with E-state index in [1.807, 2.05) is 24.3 Å². The Hall–Kier alpha value is -3.98. The molecule has 0 aliphatic rings. The van der Waals surface area contributed by atoms with Crippen LogP contribution in [0.15, 0.2) is 54.7 Å². The highest BCUT2D eigenvalue weighted by Gasteiger charge is 2.14. The molecule has 0 saturated carbocycles. The van der Waals surface area contributed by atoms with Crippen LogP contribution in [0.25, 0.3) is 31.4 Å². The molecule has 148 valence electrons. The topological polar surface area (TPSA) is 119 Å². The summed E-state index contributed by atoms with van der Waals surface area (Å²) in [5.41, 5.74) is 8.59. The third kappa shape index (κ3) is 3.20. The fourth-order valence-corrected chi connectivity index (χ4v) is 4.41. The summed E-state index contributed by atoms with van der Waals surface area (Å²) in [6.07, 6.45) is 1.77. The van der Waals surface area contributed by atoms with Crippen LogP contribution in [-0.2, 0) is 4.74 Å². The third-order valence-electron chi connectivity index (χ3n) is 4.65. The zero-order valence-corrected chi connectivity index (χ0v) is 16.7. The summed E-state index contributed by atoms with van der Waals surface area (Å²) in [7, 11) is 1.29. The minimum absolute atomic E-state index is 0.0190. The van der Waals surface area contributed by atoms with Crippen molar-refractivity contribution in [1.82, 2.24) is 20.2 Å². The Morgan fingerprint density at radius 1 is 1.13 bits per heavy atom. The lowest BCUT2D eigenvalue weighted by Crippen LogP contribution is -2.09. The molecule has 3 aromatic heterocycles. The molecule has 5 rings (SSSR count). The summed E-state index contributed by atoms with van der Waals surface area (Å²) in [5.74, 6) is -0.203. The molecule has 30 heavy (non-hydrogen) atoms. The van der Waals surface area contributed by atoms with E-state index >= 15 is 0 Å². The Kier molecular flexibility index (Phi) is 4.29. The summed E-state index contributed by atoms with van der Waals surface area (Å²) >= 11 is 1.71. The number of aromatic nitrogens is 4. The number of carbonyl (C=O) groups excluding carboxylic acids is 1. The van der Waals surface area contributed by atoms with Gasteiger partial charge in [0.25, 0.3) is 0 Å². The number of anilines is 3. The third-order valence-corrected chi connectivity index (χ3v) is 5.80. The van der Waals surface area contributed by atoms with Gasteiger partial charge in [-0.25, -0.2) is 9.78 Å². The minimum atomic E-state index is -0.580. The molecule has 2 aromatic carbocycles. The van der Waals surface area contributed by atoms with Crippen LogP contribution in [0, 0.1) is 0 Å². The van der Waals surface area contributed by atoms with E-state index in [4.69, 9.17) is 10.5 Å². The molecule has 0 atom stereocenters. The van der Waals surface area contributed by atoms with Crippen LogP contribution in [0.4, 0.5) is 17.5 Å². The Bertz CT molecular complexity index is 1370. The molecular weight excluding hydrogens is 400 g/mol. The smallest absolute Gasteiger partial charge is 0.356 e. The molecule has 9 heteroatoms. The lowest BCUT2D eigenvalue weighted by Gasteiger charge is -2.10. The molecule has 0 bridgehead atoms. The Balaban J connectivity index is 1.60. The average molecular weight is 416 g/mol. The summed E-state index contributed by atoms with van der Waals surface area (Å²) in [6, 6.07) is 15.9. The van der Waals surface area contributed by atoms with E-state index in [-0.39, 0.29) is 11.6 Å². The molecule has 0 fully saturated rings. The number of aromatic amines is 1. The van der Waals surface area contributed by atoms with Crippen LogP contribution in [-0.4, -0.2) is 33.2 Å². The zero-order chi connectivity index (χ0) is 20.7. The first kappa shape index (κ1) is 18.1. The number of carbonyl (C=O) groups is 1. The molecule has 8 nitrogen and oxygen atoms in total. The van der Waals surface area contributed by atoms with E-state index < -0.39 is 5.97 Å². The molecule has 0 aliphatic carbocycles. The van der Waals surface area contributed by atoms with E-state index in [1.165, 1.54) is 23.3 Å². The average Bonchev–Trinajstić information content (AvgIpc) is 3.38. The van der Waals surface area contributed by atoms with Crippen molar-refractivity contribution in [3.05, 3.63) is 60.4 Å². The Labute approximate surface area is 174 Å². The summed E-state index contributed by atoms with van der Waals surface area (Å²) in [5, 5.41) is 12.6. The van der Waals surface area contributed by atoms with Crippen molar-refractivity contribution in [3.8, 4) is 10.4 Å². The number of benzene rings is 2. The second-order valence-electron chi connectivity index (χ2n) is 6.62. The monoisotopic (exact) mass is 416 g/mol. The SMILES string of the molecule is COC(=O)c1cc(Nc2cc(-c3cc4ccccc4s3)c3[nH]ncc3c2)nc(N)n1. The predicted octanol–water partition coefficient (Wildman–Crippen LogP) is 4.35. The van der Waals surface area contributed by atoms with Gasteiger partial charge in [0.15, 0.2) is 5.69 Å². The second kappa shape index (κ2) is 7.12. The van der Waals surface area contributed by atoms with Gasteiger partial charge >= 0.3 is 5.97 Å². The summed E-state index contributed by atoms with van der Waals surface area (Å²) in [4.78, 5) is 21.0. The number of hydrogen-bond acceptors (Lipinski definition) is 8. The van der Waals surface area contributed by atoms with Crippen LogP contribution in [0.1, 0.15) is 10.5 Å².